The summed E-state index contributed by atoms with van der Waals surface area (Å²) in [7, 11) is -3.29. The fourth-order valence-corrected chi connectivity index (χ4v) is 2.79. The number of aliphatic hydroxyl groups is 1. The third kappa shape index (κ3) is 8.02. The monoisotopic (exact) mass is 364 g/mol. The molecule has 0 bridgehead atoms. The van der Waals surface area contributed by atoms with Crippen LogP contribution in [0, 0.1) is 0 Å². The summed E-state index contributed by atoms with van der Waals surface area (Å²) in [5.74, 6) is 0.572. The Morgan fingerprint density at radius 1 is 1.08 bits per heavy atom. The maximum Gasteiger partial charge on any atom is 0.229 e. The molecule has 0 aliphatic rings. The lowest BCUT2D eigenvalue weighted by Gasteiger charge is -2.13. The van der Waals surface area contributed by atoms with Crippen LogP contribution in [-0.2, 0) is 16.4 Å². The Morgan fingerprint density at radius 3 is 2.40 bits per heavy atom. The minimum Gasteiger partial charge on any atom is -0.491 e. The summed E-state index contributed by atoms with van der Waals surface area (Å²) in [5.41, 5.74) is 1.72. The number of ether oxygens (including phenoxy) is 1. The molecule has 25 heavy (non-hydrogen) atoms. The first-order valence-corrected chi connectivity index (χ1v) is 9.95. The number of anilines is 1. The van der Waals surface area contributed by atoms with Crippen LogP contribution in [0.15, 0.2) is 54.6 Å². The fraction of sp³-hybridized carbons (Fsp3) is 0.333. The molecule has 2 aromatic carbocycles. The van der Waals surface area contributed by atoms with E-state index in [1.54, 1.807) is 24.3 Å². The molecule has 2 rings (SSSR count). The van der Waals surface area contributed by atoms with Crippen LogP contribution in [-0.4, -0.2) is 45.6 Å². The van der Waals surface area contributed by atoms with E-state index in [9.17, 15) is 13.5 Å². The van der Waals surface area contributed by atoms with Gasteiger partial charge in [-0.2, -0.15) is 0 Å². The zero-order valence-corrected chi connectivity index (χ0v) is 15.0. The summed E-state index contributed by atoms with van der Waals surface area (Å²) in [6.45, 7) is 1.39. The molecule has 7 heteroatoms. The summed E-state index contributed by atoms with van der Waals surface area (Å²) in [6.07, 6.45) is 1.38. The van der Waals surface area contributed by atoms with Crippen molar-refractivity contribution in [3.05, 3.63) is 60.2 Å². The molecule has 0 saturated heterocycles. The van der Waals surface area contributed by atoms with E-state index in [2.05, 4.69) is 22.2 Å². The van der Waals surface area contributed by atoms with E-state index < -0.39 is 16.1 Å². The van der Waals surface area contributed by atoms with E-state index in [0.717, 1.165) is 19.2 Å². The number of hydrogen-bond acceptors (Lipinski definition) is 5. The van der Waals surface area contributed by atoms with Gasteiger partial charge >= 0.3 is 0 Å². The average molecular weight is 364 g/mol. The van der Waals surface area contributed by atoms with Gasteiger partial charge in [0, 0.05) is 12.2 Å². The summed E-state index contributed by atoms with van der Waals surface area (Å²) < 4.78 is 30.1. The maximum atomic E-state index is 11.1. The predicted molar refractivity (Wildman–Crippen MR) is 99.4 cm³/mol. The van der Waals surface area contributed by atoms with Gasteiger partial charge in [-0.05, 0) is 42.8 Å². The SMILES string of the molecule is CS(=O)(=O)Nc1ccc(OCC(O)CNCCc2ccccc2)cc1. The van der Waals surface area contributed by atoms with Gasteiger partial charge in [0.25, 0.3) is 0 Å². The number of hydrogen-bond donors (Lipinski definition) is 3. The first-order valence-electron chi connectivity index (χ1n) is 8.06. The lowest BCUT2D eigenvalue weighted by atomic mass is 10.1. The number of sulfonamides is 1. The Bertz CT molecular complexity index is 733. The second kappa shape index (κ2) is 9.41. The van der Waals surface area contributed by atoms with E-state index in [4.69, 9.17) is 4.74 Å². The molecule has 2 aromatic rings. The maximum absolute atomic E-state index is 11.1. The average Bonchev–Trinajstić information content (AvgIpc) is 2.58. The fourth-order valence-electron chi connectivity index (χ4n) is 2.23. The first-order chi connectivity index (χ1) is 11.9. The largest absolute Gasteiger partial charge is 0.491 e. The number of benzene rings is 2. The van der Waals surface area contributed by atoms with Crippen LogP contribution in [0.5, 0.6) is 5.75 Å². The molecule has 6 nitrogen and oxygen atoms in total. The predicted octanol–water partition coefficient (Wildman–Crippen LogP) is 1.63. The van der Waals surface area contributed by atoms with Gasteiger partial charge in [-0.3, -0.25) is 4.72 Å². The third-order valence-electron chi connectivity index (χ3n) is 3.41. The van der Waals surface area contributed by atoms with Gasteiger partial charge in [0.15, 0.2) is 0 Å². The Balaban J connectivity index is 1.65. The van der Waals surface area contributed by atoms with Crippen molar-refractivity contribution in [3.8, 4) is 5.75 Å². The zero-order valence-electron chi connectivity index (χ0n) is 14.2. The van der Waals surface area contributed by atoms with Crippen molar-refractivity contribution >= 4 is 15.7 Å². The van der Waals surface area contributed by atoms with Gasteiger partial charge in [0.1, 0.15) is 18.5 Å². The molecule has 0 spiro atoms. The molecule has 0 aliphatic carbocycles. The van der Waals surface area contributed by atoms with Gasteiger partial charge in [0.05, 0.1) is 6.26 Å². The van der Waals surface area contributed by atoms with Crippen molar-refractivity contribution in [2.24, 2.45) is 0 Å². The lowest BCUT2D eigenvalue weighted by molar-refractivity contribution is 0.106. The molecule has 0 amide bonds. The quantitative estimate of drug-likeness (QED) is 0.558. The minimum absolute atomic E-state index is 0.164. The van der Waals surface area contributed by atoms with E-state index >= 15 is 0 Å². The van der Waals surface area contributed by atoms with Crippen LogP contribution in [0.4, 0.5) is 5.69 Å². The van der Waals surface area contributed by atoms with Gasteiger partial charge in [-0.1, -0.05) is 30.3 Å². The van der Waals surface area contributed by atoms with Crippen LogP contribution in [0.3, 0.4) is 0 Å². The summed E-state index contributed by atoms with van der Waals surface area (Å²) >= 11 is 0. The highest BCUT2D eigenvalue weighted by Crippen LogP contribution is 2.16. The van der Waals surface area contributed by atoms with Crippen LogP contribution in [0.25, 0.3) is 0 Å². The van der Waals surface area contributed by atoms with Crippen molar-refractivity contribution < 1.29 is 18.3 Å². The highest BCUT2D eigenvalue weighted by atomic mass is 32.2. The molecular formula is C18H24N2O4S. The Labute approximate surface area is 148 Å². The Kier molecular flexibility index (Phi) is 7.24. The van der Waals surface area contributed by atoms with Crippen molar-refractivity contribution in [2.45, 2.75) is 12.5 Å². The second-order valence-corrected chi connectivity index (χ2v) is 7.55. The molecule has 0 saturated carbocycles. The second-order valence-electron chi connectivity index (χ2n) is 5.80. The van der Waals surface area contributed by atoms with Crippen LogP contribution >= 0.6 is 0 Å². The van der Waals surface area contributed by atoms with Gasteiger partial charge in [-0.15, -0.1) is 0 Å². The molecule has 0 fully saturated rings. The Hall–Kier alpha value is -2.09. The zero-order chi connectivity index (χ0) is 18.1. The van der Waals surface area contributed by atoms with E-state index in [0.29, 0.717) is 18.0 Å². The van der Waals surface area contributed by atoms with Crippen LogP contribution < -0.4 is 14.8 Å². The smallest absolute Gasteiger partial charge is 0.229 e. The van der Waals surface area contributed by atoms with Gasteiger partial charge in [-0.25, -0.2) is 8.42 Å². The molecule has 0 aliphatic heterocycles. The molecule has 0 radical (unpaired) electrons. The minimum atomic E-state index is -3.29. The molecule has 0 aromatic heterocycles. The van der Waals surface area contributed by atoms with E-state index in [1.807, 2.05) is 18.2 Å². The van der Waals surface area contributed by atoms with Crippen LogP contribution in [0.2, 0.25) is 0 Å². The van der Waals surface area contributed by atoms with E-state index in [1.165, 1.54) is 5.56 Å². The van der Waals surface area contributed by atoms with Crippen molar-refractivity contribution in [2.75, 3.05) is 30.7 Å². The van der Waals surface area contributed by atoms with E-state index in [-0.39, 0.29) is 6.61 Å². The van der Waals surface area contributed by atoms with Crippen molar-refractivity contribution in [3.63, 3.8) is 0 Å². The molecular weight excluding hydrogens is 340 g/mol. The topological polar surface area (TPSA) is 87.7 Å². The highest BCUT2D eigenvalue weighted by molar-refractivity contribution is 7.92. The highest BCUT2D eigenvalue weighted by Gasteiger charge is 2.06. The standard InChI is InChI=1S/C18H24N2O4S/c1-25(22,23)20-16-7-9-18(10-8-16)24-14-17(21)13-19-12-11-15-5-3-2-4-6-15/h2-10,17,19-21H,11-14H2,1H3. The summed E-state index contributed by atoms with van der Waals surface area (Å²) in [6, 6.07) is 16.7. The normalized spacial score (nSPS) is 12.6. The first kappa shape index (κ1) is 19.2. The number of rotatable bonds is 10. The third-order valence-corrected chi connectivity index (χ3v) is 4.02. The Morgan fingerprint density at radius 2 is 1.76 bits per heavy atom. The van der Waals surface area contributed by atoms with Gasteiger partial charge in [0.2, 0.25) is 10.0 Å². The summed E-state index contributed by atoms with van der Waals surface area (Å²) in [5, 5.41) is 13.1. The van der Waals surface area contributed by atoms with Crippen molar-refractivity contribution in [1.29, 1.82) is 0 Å². The van der Waals surface area contributed by atoms with Gasteiger partial charge < -0.3 is 15.2 Å². The molecule has 136 valence electrons. The molecule has 1 unspecified atom stereocenters. The molecule has 3 N–H and O–H groups in total. The number of aliphatic hydroxyl groups excluding tert-OH is 1. The number of nitrogens with one attached hydrogen (secondary N) is 2. The summed E-state index contributed by atoms with van der Waals surface area (Å²) in [4.78, 5) is 0. The molecule has 0 heterocycles. The molecule has 1 atom stereocenters. The van der Waals surface area contributed by atoms with Crippen LogP contribution in [0.1, 0.15) is 5.56 Å². The van der Waals surface area contributed by atoms with Crippen molar-refractivity contribution in [1.82, 2.24) is 5.32 Å². The lowest BCUT2D eigenvalue weighted by Crippen LogP contribution is -2.32.